The minimum atomic E-state index is -0.867. The summed E-state index contributed by atoms with van der Waals surface area (Å²) in [6.45, 7) is 3.53. The van der Waals surface area contributed by atoms with Crippen LogP contribution in [0.15, 0.2) is 66.9 Å². The van der Waals surface area contributed by atoms with Gasteiger partial charge in [0.2, 0.25) is 11.5 Å². The van der Waals surface area contributed by atoms with E-state index < -0.39 is 17.6 Å². The first-order valence-electron chi connectivity index (χ1n) is 10.8. The second kappa shape index (κ2) is 8.43. The maximum Gasteiger partial charge on any atom is 0.346 e. The number of rotatable bonds is 4. The van der Waals surface area contributed by atoms with Crippen LogP contribution in [-0.4, -0.2) is 28.7 Å². The molecule has 0 radical (unpaired) electrons. The number of halogens is 2. The van der Waals surface area contributed by atoms with Crippen molar-refractivity contribution >= 4 is 11.7 Å². The van der Waals surface area contributed by atoms with Gasteiger partial charge in [0.15, 0.2) is 11.5 Å². The molecule has 0 saturated carbocycles. The van der Waals surface area contributed by atoms with Crippen LogP contribution in [0.2, 0.25) is 0 Å². The molecule has 0 unspecified atom stereocenters. The Morgan fingerprint density at radius 1 is 0.971 bits per heavy atom. The summed E-state index contributed by atoms with van der Waals surface area (Å²) < 4.78 is 45.1. The largest absolute Gasteiger partial charge is 0.493 e. The predicted molar refractivity (Wildman–Crippen MR) is 126 cm³/mol. The van der Waals surface area contributed by atoms with Crippen LogP contribution in [0.1, 0.15) is 13.8 Å². The normalized spacial score (nSPS) is 13.5. The quantitative estimate of drug-likeness (QED) is 0.385. The van der Waals surface area contributed by atoms with Crippen LogP contribution in [0.4, 0.5) is 19.3 Å². The third kappa shape index (κ3) is 4.40. The number of nitrogens with one attached hydrogen (secondary N) is 1. The minimum Gasteiger partial charge on any atom is -0.493 e. The molecule has 4 aromatic rings. The van der Waals surface area contributed by atoms with E-state index in [2.05, 4.69) is 10.4 Å². The number of hydrogen-bond acceptors (Lipinski definition) is 5. The summed E-state index contributed by atoms with van der Waals surface area (Å²) in [5.41, 5.74) is 2.68. The van der Waals surface area contributed by atoms with Crippen molar-refractivity contribution in [1.82, 2.24) is 9.78 Å². The number of ether oxygens (including phenoxy) is 3. The van der Waals surface area contributed by atoms with Crippen molar-refractivity contribution in [2.75, 3.05) is 12.4 Å². The fourth-order valence-electron chi connectivity index (χ4n) is 3.83. The van der Waals surface area contributed by atoms with Crippen LogP contribution >= 0.6 is 0 Å². The number of methoxy groups -OCH3 is 1. The lowest BCUT2D eigenvalue weighted by atomic mass is 10.0. The molecule has 1 N–H and O–H groups in total. The van der Waals surface area contributed by atoms with Gasteiger partial charge in [-0.3, -0.25) is 0 Å². The van der Waals surface area contributed by atoms with Gasteiger partial charge in [-0.1, -0.05) is 12.1 Å². The van der Waals surface area contributed by atoms with Crippen LogP contribution in [0.25, 0.3) is 22.4 Å². The molecule has 3 aromatic carbocycles. The van der Waals surface area contributed by atoms with E-state index in [1.165, 1.54) is 37.6 Å². The van der Waals surface area contributed by atoms with Crippen molar-refractivity contribution < 1.29 is 27.8 Å². The Morgan fingerprint density at radius 2 is 1.60 bits per heavy atom. The first-order chi connectivity index (χ1) is 16.7. The van der Waals surface area contributed by atoms with E-state index >= 15 is 0 Å². The molecular formula is C26H21F2N3O4. The number of carbonyl (C=O) groups is 1. The highest BCUT2D eigenvalue weighted by Gasteiger charge is 2.35. The summed E-state index contributed by atoms with van der Waals surface area (Å²) in [5.74, 6) is -0.357. The molecule has 0 bridgehead atoms. The molecule has 2 heterocycles. The van der Waals surface area contributed by atoms with Crippen molar-refractivity contribution in [3.63, 3.8) is 0 Å². The van der Waals surface area contributed by atoms with Gasteiger partial charge >= 0.3 is 6.03 Å². The number of nitrogens with zero attached hydrogens (tertiary/aromatic N) is 2. The Morgan fingerprint density at radius 3 is 2.23 bits per heavy atom. The van der Waals surface area contributed by atoms with Gasteiger partial charge in [-0.2, -0.15) is 9.78 Å². The van der Waals surface area contributed by atoms with Crippen molar-refractivity contribution in [2.45, 2.75) is 19.6 Å². The number of fused-ring (bicyclic) bond motifs is 1. The minimum absolute atomic E-state index is 0.387. The van der Waals surface area contributed by atoms with Gasteiger partial charge in [-0.25, -0.2) is 13.6 Å². The summed E-state index contributed by atoms with van der Waals surface area (Å²) in [7, 11) is 1.49. The van der Waals surface area contributed by atoms with E-state index in [-0.39, 0.29) is 5.82 Å². The molecule has 178 valence electrons. The number of carbonyl (C=O) groups excluding carboxylic acids is 1. The first-order valence-corrected chi connectivity index (χ1v) is 10.8. The highest BCUT2D eigenvalue weighted by Crippen LogP contribution is 2.47. The third-order valence-electron chi connectivity index (χ3n) is 5.39. The second-order valence-corrected chi connectivity index (χ2v) is 8.39. The molecule has 0 aliphatic carbocycles. The predicted octanol–water partition coefficient (Wildman–Crippen LogP) is 6.09. The molecule has 7 nitrogen and oxygen atoms in total. The lowest BCUT2D eigenvalue weighted by molar-refractivity contribution is -0.0439. The number of benzene rings is 3. The zero-order valence-electron chi connectivity index (χ0n) is 19.1. The standard InChI is InChI=1S/C26H21F2N3O4/c1-26(2)34-22-13-19(12-21(33-3)24(22)35-26)29-25(32)31-14-20(15-4-8-17(27)9-5-15)23(30-31)16-6-10-18(28)11-7-16/h4-14H,1-3H3,(H,29,32). The summed E-state index contributed by atoms with van der Waals surface area (Å²) in [5, 5.41) is 7.22. The number of hydrogen-bond donors (Lipinski definition) is 1. The second-order valence-electron chi connectivity index (χ2n) is 8.39. The Labute approximate surface area is 199 Å². The number of amides is 1. The SMILES string of the molecule is COc1cc(NC(=O)n2cc(-c3ccc(F)cc3)c(-c3ccc(F)cc3)n2)cc2c1OC(C)(C)O2. The molecule has 5 rings (SSSR count). The Kier molecular flexibility index (Phi) is 5.39. The fraction of sp³-hybridized carbons (Fsp3) is 0.154. The van der Waals surface area contributed by atoms with E-state index in [0.717, 1.165) is 4.68 Å². The van der Waals surface area contributed by atoms with Crippen LogP contribution < -0.4 is 19.5 Å². The van der Waals surface area contributed by atoms with E-state index in [1.54, 1.807) is 50.2 Å². The van der Waals surface area contributed by atoms with Crippen molar-refractivity contribution in [2.24, 2.45) is 0 Å². The van der Waals surface area contributed by atoms with Gasteiger partial charge in [-0.15, -0.1) is 0 Å². The molecule has 1 amide bonds. The summed E-state index contributed by atoms with van der Waals surface area (Å²) in [6.07, 6.45) is 1.54. The number of anilines is 1. The highest BCUT2D eigenvalue weighted by molar-refractivity contribution is 5.93. The van der Waals surface area contributed by atoms with Crippen molar-refractivity contribution in [3.8, 4) is 39.6 Å². The Balaban J connectivity index is 1.51. The van der Waals surface area contributed by atoms with Gasteiger partial charge in [0.25, 0.3) is 0 Å². The lowest BCUT2D eigenvalue weighted by Crippen LogP contribution is -2.29. The van der Waals surface area contributed by atoms with Crippen molar-refractivity contribution in [1.29, 1.82) is 0 Å². The summed E-state index contributed by atoms with van der Waals surface area (Å²) in [6, 6.07) is 14.3. The smallest absolute Gasteiger partial charge is 0.346 e. The monoisotopic (exact) mass is 477 g/mol. The van der Waals surface area contributed by atoms with Gasteiger partial charge < -0.3 is 19.5 Å². The van der Waals surface area contributed by atoms with Crippen LogP contribution in [0.3, 0.4) is 0 Å². The molecule has 1 aromatic heterocycles. The van der Waals surface area contributed by atoms with E-state index in [0.29, 0.717) is 45.3 Å². The van der Waals surface area contributed by atoms with E-state index in [1.807, 2.05) is 0 Å². The maximum absolute atomic E-state index is 13.5. The molecular weight excluding hydrogens is 456 g/mol. The first kappa shape index (κ1) is 22.4. The number of aromatic nitrogens is 2. The molecule has 35 heavy (non-hydrogen) atoms. The lowest BCUT2D eigenvalue weighted by Gasteiger charge is -2.16. The van der Waals surface area contributed by atoms with E-state index in [9.17, 15) is 13.6 Å². The highest BCUT2D eigenvalue weighted by atomic mass is 19.1. The average Bonchev–Trinajstić information content (AvgIpc) is 3.40. The van der Waals surface area contributed by atoms with Crippen LogP contribution in [-0.2, 0) is 0 Å². The van der Waals surface area contributed by atoms with E-state index in [4.69, 9.17) is 14.2 Å². The zero-order valence-corrected chi connectivity index (χ0v) is 19.1. The molecule has 0 atom stereocenters. The van der Waals surface area contributed by atoms with Gasteiger partial charge in [0.1, 0.15) is 17.3 Å². The fourth-order valence-corrected chi connectivity index (χ4v) is 3.83. The summed E-state index contributed by atoms with van der Waals surface area (Å²) >= 11 is 0. The Bertz CT molecular complexity index is 1350. The molecule has 9 heteroatoms. The molecule has 1 aliphatic heterocycles. The Hall–Kier alpha value is -4.40. The molecule has 0 spiro atoms. The topological polar surface area (TPSA) is 74.6 Å². The van der Waals surface area contributed by atoms with Crippen LogP contribution in [0, 0.1) is 11.6 Å². The molecule has 0 saturated heterocycles. The zero-order chi connectivity index (χ0) is 24.7. The van der Waals surface area contributed by atoms with Gasteiger partial charge in [-0.05, 0) is 42.0 Å². The van der Waals surface area contributed by atoms with Gasteiger partial charge in [0.05, 0.1) is 12.8 Å². The summed E-state index contributed by atoms with van der Waals surface area (Å²) in [4.78, 5) is 13.1. The maximum atomic E-state index is 13.5. The molecule has 0 fully saturated rings. The average molecular weight is 477 g/mol. The third-order valence-corrected chi connectivity index (χ3v) is 5.39. The molecule has 1 aliphatic rings. The van der Waals surface area contributed by atoms with Crippen molar-refractivity contribution in [3.05, 3.63) is 78.5 Å². The van der Waals surface area contributed by atoms with Gasteiger partial charge in [0, 0.05) is 43.3 Å². The van der Waals surface area contributed by atoms with Crippen LogP contribution in [0.5, 0.6) is 17.2 Å².